The lowest BCUT2D eigenvalue weighted by molar-refractivity contribution is 1.36. The van der Waals surface area contributed by atoms with Gasteiger partial charge >= 0.3 is 0 Å². The summed E-state index contributed by atoms with van der Waals surface area (Å²) in [5, 5.41) is 2.97. The molecule has 0 amide bonds. The van der Waals surface area contributed by atoms with Crippen LogP contribution in [0, 0.1) is 0 Å². The monoisotopic (exact) mass is 86.1 g/mol. The third kappa shape index (κ3) is 4.53. The largest absolute Gasteiger partial charge is 0.236 e. The normalized spacial score (nSPS) is 7.60. The van der Waals surface area contributed by atoms with Crippen LogP contribution in [0.2, 0.25) is 10.6 Å². The topological polar surface area (TPSA) is 0 Å². The van der Waals surface area contributed by atoms with E-state index in [0.717, 1.165) is 0 Å². The lowest BCUT2D eigenvalue weighted by atomic mass is 10.9. The smallest absolute Gasteiger partial charge is 0.100 e. The van der Waals surface area contributed by atoms with Crippen molar-refractivity contribution in [3.05, 3.63) is 0 Å². The third-order valence-corrected chi connectivity index (χ3v) is 2.12. The summed E-state index contributed by atoms with van der Waals surface area (Å²) in [5.74, 6) is 0. The highest BCUT2D eigenvalue weighted by Gasteiger charge is 1.76. The van der Waals surface area contributed by atoms with Crippen molar-refractivity contribution in [2.24, 2.45) is 0 Å². The molecule has 0 aliphatic rings. The molecule has 0 fully saturated rings. The molecule has 0 N–H and O–H groups in total. The van der Waals surface area contributed by atoms with E-state index >= 15 is 0 Å². The molecule has 1 heteroatoms. The fraction of sp³-hybridized carbons (Fsp3) is 1.00. The van der Waals surface area contributed by atoms with Crippen molar-refractivity contribution in [3.63, 3.8) is 0 Å². The maximum absolute atomic E-state index is 2.27. The maximum Gasteiger partial charge on any atom is 0.236 e. The standard InChI is InChI=1S/2C2H5.Al.H/c2*1-2;;/h2*1H2,2H3;;. The second-order valence-corrected chi connectivity index (χ2v) is 4.06. The molecule has 0 aliphatic carbocycles. The van der Waals surface area contributed by atoms with Gasteiger partial charge in [-0.15, -0.1) is 10.6 Å². The molecule has 0 rings (SSSR count). The van der Waals surface area contributed by atoms with E-state index in [2.05, 4.69) is 13.8 Å². The van der Waals surface area contributed by atoms with Crippen LogP contribution in [-0.4, -0.2) is 15.2 Å². The summed E-state index contributed by atoms with van der Waals surface area (Å²) in [4.78, 5) is 0. The fourth-order valence-electron chi connectivity index (χ4n) is 0.354. The van der Waals surface area contributed by atoms with Gasteiger partial charge in [-0.25, -0.2) is 0 Å². The van der Waals surface area contributed by atoms with Crippen LogP contribution in [0.1, 0.15) is 13.8 Å². The van der Waals surface area contributed by atoms with E-state index < -0.39 is 0 Å². The van der Waals surface area contributed by atoms with Crippen LogP contribution in [0.3, 0.4) is 0 Å². The summed E-state index contributed by atoms with van der Waals surface area (Å²) in [7, 11) is 0. The molecule has 0 saturated carbocycles. The van der Waals surface area contributed by atoms with Crippen molar-refractivity contribution < 1.29 is 0 Å². The van der Waals surface area contributed by atoms with Gasteiger partial charge in [-0.2, -0.15) is 0 Å². The van der Waals surface area contributed by atoms with E-state index in [9.17, 15) is 0 Å². The van der Waals surface area contributed by atoms with Gasteiger partial charge in [0.15, 0.2) is 0 Å². The molecule has 0 atom stereocenters. The van der Waals surface area contributed by atoms with Crippen LogP contribution in [0.4, 0.5) is 0 Å². The highest BCUT2D eigenvalue weighted by molar-refractivity contribution is 6.34. The number of rotatable bonds is 2. The van der Waals surface area contributed by atoms with Crippen molar-refractivity contribution in [1.29, 1.82) is 0 Å². The van der Waals surface area contributed by atoms with Gasteiger partial charge in [-0.05, 0) is 0 Å². The van der Waals surface area contributed by atoms with E-state index in [1.165, 1.54) is 10.6 Å². The highest BCUT2D eigenvalue weighted by Crippen LogP contribution is 1.77. The quantitative estimate of drug-likeness (QED) is 0.444. The van der Waals surface area contributed by atoms with Gasteiger partial charge in [-0.1, -0.05) is 13.8 Å². The molecule has 0 nitrogen and oxygen atoms in total. The number of hydrogen-bond donors (Lipinski definition) is 0. The summed E-state index contributed by atoms with van der Waals surface area (Å²) < 4.78 is 0. The first-order chi connectivity index (χ1) is 2.41. The predicted molar refractivity (Wildman–Crippen MR) is 28.1 cm³/mol. The van der Waals surface area contributed by atoms with Crippen molar-refractivity contribution in [1.82, 2.24) is 0 Å². The minimum Gasteiger partial charge on any atom is -0.100 e. The van der Waals surface area contributed by atoms with Gasteiger partial charge in [-0.3, -0.25) is 0 Å². The molecule has 5 heavy (non-hydrogen) atoms. The number of hydrogen-bond acceptors (Lipinski definition) is 0. The predicted octanol–water partition coefficient (Wildman–Crippen LogP) is 1.30. The zero-order chi connectivity index (χ0) is 4.12. The Labute approximate surface area is 40.3 Å². The van der Waals surface area contributed by atoms with Crippen LogP contribution in [0.5, 0.6) is 0 Å². The van der Waals surface area contributed by atoms with E-state index in [4.69, 9.17) is 0 Å². The van der Waals surface area contributed by atoms with E-state index in [0.29, 0.717) is 15.2 Å². The Balaban J connectivity index is 2.19. The second kappa shape index (κ2) is 4.53. The van der Waals surface area contributed by atoms with Crippen LogP contribution in [0.15, 0.2) is 0 Å². The Morgan fingerprint density at radius 1 is 1.20 bits per heavy atom. The first-order valence-corrected chi connectivity index (χ1v) is 4.41. The Kier molecular flexibility index (Phi) is 5.02. The zero-order valence-corrected chi connectivity index (χ0v) is 5.54. The maximum atomic E-state index is 2.27. The summed E-state index contributed by atoms with van der Waals surface area (Å²) in [5.41, 5.74) is 0. The third-order valence-electron chi connectivity index (χ3n) is 0.707. The van der Waals surface area contributed by atoms with Crippen LogP contribution in [-0.2, 0) is 0 Å². The van der Waals surface area contributed by atoms with E-state index in [1.54, 1.807) is 0 Å². The second-order valence-electron chi connectivity index (χ2n) is 1.35. The summed E-state index contributed by atoms with van der Waals surface area (Å²) in [6.45, 7) is 4.55. The molecule has 0 radical (unpaired) electrons. The fourth-order valence-corrected chi connectivity index (χ4v) is 1.06. The van der Waals surface area contributed by atoms with Crippen molar-refractivity contribution in [3.8, 4) is 0 Å². The molecule has 0 bridgehead atoms. The van der Waals surface area contributed by atoms with Crippen LogP contribution >= 0.6 is 0 Å². The Morgan fingerprint density at radius 2 is 1.60 bits per heavy atom. The summed E-state index contributed by atoms with van der Waals surface area (Å²) in [6.07, 6.45) is 0. The average molecular weight is 86.1 g/mol. The molecule has 30 valence electrons. The van der Waals surface area contributed by atoms with Crippen molar-refractivity contribution >= 4 is 15.2 Å². The molecular formula is C4H11Al. The molecule has 0 aromatic carbocycles. The lowest BCUT2D eigenvalue weighted by Gasteiger charge is -1.73. The molecule has 0 spiro atoms. The van der Waals surface area contributed by atoms with E-state index in [1.807, 2.05) is 0 Å². The molecule has 0 aromatic rings. The molecule has 0 heterocycles. The minimum atomic E-state index is 0.432. The molecule has 0 aliphatic heterocycles. The van der Waals surface area contributed by atoms with Crippen molar-refractivity contribution in [2.45, 2.75) is 24.4 Å². The van der Waals surface area contributed by atoms with Gasteiger partial charge in [0, 0.05) is 0 Å². The summed E-state index contributed by atoms with van der Waals surface area (Å²) in [6, 6.07) is 0. The molecule has 0 unspecified atom stereocenters. The van der Waals surface area contributed by atoms with Gasteiger partial charge in [0.25, 0.3) is 0 Å². The Morgan fingerprint density at radius 3 is 1.60 bits per heavy atom. The van der Waals surface area contributed by atoms with Gasteiger partial charge in [0.2, 0.25) is 15.2 Å². The van der Waals surface area contributed by atoms with Gasteiger partial charge < -0.3 is 0 Å². The van der Waals surface area contributed by atoms with Crippen molar-refractivity contribution in [2.75, 3.05) is 0 Å². The first-order valence-electron chi connectivity index (χ1n) is 2.41. The zero-order valence-electron chi connectivity index (χ0n) is 4.12. The Hall–Kier alpha value is 0.532. The SMILES string of the molecule is C[CH2][AlH][CH2]C. The van der Waals surface area contributed by atoms with E-state index in [-0.39, 0.29) is 0 Å². The molecular weight excluding hydrogens is 75.0 g/mol. The first kappa shape index (κ1) is 5.53. The van der Waals surface area contributed by atoms with Crippen LogP contribution in [0.25, 0.3) is 0 Å². The lowest BCUT2D eigenvalue weighted by Crippen LogP contribution is -1.76. The highest BCUT2D eigenvalue weighted by atomic mass is 27.1. The average Bonchev–Trinajstić information content (AvgIpc) is 1.41. The summed E-state index contributed by atoms with van der Waals surface area (Å²) >= 11 is 0.432. The van der Waals surface area contributed by atoms with Gasteiger partial charge in [0.05, 0.1) is 0 Å². The minimum absolute atomic E-state index is 0.432. The molecule has 0 aromatic heterocycles. The van der Waals surface area contributed by atoms with Gasteiger partial charge in [0.1, 0.15) is 0 Å². The van der Waals surface area contributed by atoms with Crippen LogP contribution < -0.4 is 0 Å². The molecule has 0 saturated heterocycles. The Bertz CT molecular complexity index is 11.1.